The number of para-hydroxylation sites is 1. The lowest BCUT2D eigenvalue weighted by molar-refractivity contribution is -0.122. The van der Waals surface area contributed by atoms with Gasteiger partial charge < -0.3 is 9.30 Å². The van der Waals surface area contributed by atoms with E-state index in [-0.39, 0.29) is 24.8 Å². The molecule has 1 aromatic heterocycles. The zero-order valence-electron chi connectivity index (χ0n) is 15.0. The largest absolute Gasteiger partial charge is 0.493 e. The molecule has 0 atom stereocenters. The van der Waals surface area contributed by atoms with E-state index in [1.165, 1.54) is 0 Å². The Morgan fingerprint density at radius 3 is 2.37 bits per heavy atom. The van der Waals surface area contributed by atoms with Crippen molar-refractivity contribution >= 4 is 11.8 Å². The van der Waals surface area contributed by atoms with Crippen molar-refractivity contribution in [3.63, 3.8) is 0 Å². The molecular weight excluding hydrogens is 342 g/mol. The Balaban J connectivity index is 1.49. The lowest BCUT2D eigenvalue weighted by Gasteiger charge is -2.12. The lowest BCUT2D eigenvalue weighted by Crippen LogP contribution is -2.42. The van der Waals surface area contributed by atoms with Gasteiger partial charge in [-0.05, 0) is 43.3 Å². The highest BCUT2D eigenvalue weighted by Gasteiger charge is 2.12. The third-order valence-corrected chi connectivity index (χ3v) is 3.97. The van der Waals surface area contributed by atoms with Crippen LogP contribution in [-0.2, 0) is 4.79 Å². The third kappa shape index (κ3) is 4.98. The number of carbonyl (C=O) groups is 2. The van der Waals surface area contributed by atoms with E-state index in [0.717, 1.165) is 11.3 Å². The molecule has 27 heavy (non-hydrogen) atoms. The molecular formula is C21H21N3O3. The van der Waals surface area contributed by atoms with Gasteiger partial charge in [0.05, 0.1) is 24.3 Å². The number of aromatic nitrogens is 1. The van der Waals surface area contributed by atoms with Gasteiger partial charge in [0.2, 0.25) is 5.91 Å². The number of nitrogens with zero attached hydrogens (tertiary/aromatic N) is 1. The number of aryl methyl sites for hydroxylation is 1. The molecule has 6 nitrogen and oxygen atoms in total. The summed E-state index contributed by atoms with van der Waals surface area (Å²) in [5, 5.41) is 0. The van der Waals surface area contributed by atoms with Crippen molar-refractivity contribution in [1.29, 1.82) is 0 Å². The minimum atomic E-state index is -0.382. The van der Waals surface area contributed by atoms with Crippen LogP contribution in [0.2, 0.25) is 0 Å². The number of hydrogen-bond donors (Lipinski definition) is 2. The summed E-state index contributed by atoms with van der Waals surface area (Å²) in [5.74, 6) is -0.000838. The average Bonchev–Trinajstić information content (AvgIpc) is 3.22. The van der Waals surface area contributed by atoms with Gasteiger partial charge in [-0.2, -0.15) is 0 Å². The first kappa shape index (κ1) is 18.3. The van der Waals surface area contributed by atoms with Crippen LogP contribution in [0.4, 0.5) is 0 Å². The van der Waals surface area contributed by atoms with Gasteiger partial charge in [0.15, 0.2) is 0 Å². The molecule has 3 aromatic rings. The molecule has 138 valence electrons. The predicted octanol–water partition coefficient (Wildman–Crippen LogP) is 3.02. The summed E-state index contributed by atoms with van der Waals surface area (Å²) in [4.78, 5) is 24.3. The molecule has 0 aliphatic carbocycles. The molecule has 1 heterocycles. The molecule has 0 aliphatic heterocycles. The van der Waals surface area contributed by atoms with E-state index < -0.39 is 0 Å². The zero-order chi connectivity index (χ0) is 19.1. The number of carbonyl (C=O) groups excluding carboxylic acids is 2. The first-order chi connectivity index (χ1) is 13.1. The molecule has 0 spiro atoms. The van der Waals surface area contributed by atoms with E-state index in [4.69, 9.17) is 4.74 Å². The second-order valence-corrected chi connectivity index (χ2v) is 6.02. The van der Waals surface area contributed by atoms with E-state index in [2.05, 4.69) is 10.9 Å². The summed E-state index contributed by atoms with van der Waals surface area (Å²) in [6, 6.07) is 18.5. The maximum absolute atomic E-state index is 12.4. The van der Waals surface area contributed by atoms with Crippen molar-refractivity contribution in [2.24, 2.45) is 0 Å². The highest BCUT2D eigenvalue weighted by molar-refractivity contribution is 5.98. The van der Waals surface area contributed by atoms with E-state index in [9.17, 15) is 9.59 Å². The van der Waals surface area contributed by atoms with Crippen LogP contribution in [-0.4, -0.2) is 23.0 Å². The highest BCUT2D eigenvalue weighted by Crippen LogP contribution is 2.14. The maximum atomic E-state index is 12.4. The Morgan fingerprint density at radius 2 is 1.63 bits per heavy atom. The molecule has 6 heteroatoms. The Kier molecular flexibility index (Phi) is 5.89. The molecule has 2 aromatic carbocycles. The van der Waals surface area contributed by atoms with Crippen LogP contribution >= 0.6 is 0 Å². The Labute approximate surface area is 157 Å². The SMILES string of the molecule is Cc1ccc(OCCC(=O)NNC(=O)c2ccccc2-n2cccc2)cc1. The van der Waals surface area contributed by atoms with Gasteiger partial charge in [-0.3, -0.25) is 20.4 Å². The van der Waals surface area contributed by atoms with Crippen LogP contribution in [0.1, 0.15) is 22.3 Å². The van der Waals surface area contributed by atoms with Crippen molar-refractivity contribution in [3.8, 4) is 11.4 Å². The second kappa shape index (κ2) is 8.71. The number of ether oxygens (including phenoxy) is 1. The summed E-state index contributed by atoms with van der Waals surface area (Å²) in [6.45, 7) is 2.22. The van der Waals surface area contributed by atoms with Crippen molar-refractivity contribution in [1.82, 2.24) is 15.4 Å². The predicted molar refractivity (Wildman–Crippen MR) is 103 cm³/mol. The Morgan fingerprint density at radius 1 is 0.926 bits per heavy atom. The van der Waals surface area contributed by atoms with E-state index in [1.807, 2.05) is 72.4 Å². The van der Waals surface area contributed by atoms with Crippen molar-refractivity contribution < 1.29 is 14.3 Å². The highest BCUT2D eigenvalue weighted by atomic mass is 16.5. The topological polar surface area (TPSA) is 72.4 Å². The Hall–Kier alpha value is -3.54. The van der Waals surface area contributed by atoms with Gasteiger partial charge in [0.25, 0.3) is 5.91 Å². The number of hydrazine groups is 1. The lowest BCUT2D eigenvalue weighted by atomic mass is 10.1. The van der Waals surface area contributed by atoms with Gasteiger partial charge in [-0.1, -0.05) is 29.8 Å². The number of rotatable bonds is 6. The van der Waals surface area contributed by atoms with Crippen LogP contribution in [0.25, 0.3) is 5.69 Å². The second-order valence-electron chi connectivity index (χ2n) is 6.02. The quantitative estimate of drug-likeness (QED) is 0.661. The van der Waals surface area contributed by atoms with E-state index in [1.54, 1.807) is 12.1 Å². The number of benzene rings is 2. The van der Waals surface area contributed by atoms with Gasteiger partial charge in [-0.15, -0.1) is 0 Å². The molecule has 2 amide bonds. The molecule has 0 aliphatic rings. The van der Waals surface area contributed by atoms with Crippen molar-refractivity contribution in [2.75, 3.05) is 6.61 Å². The van der Waals surface area contributed by atoms with Crippen LogP contribution in [0.3, 0.4) is 0 Å². The standard InChI is InChI=1S/C21H21N3O3/c1-16-8-10-17(11-9-16)27-15-12-20(25)22-23-21(26)18-6-2-3-7-19(18)24-13-4-5-14-24/h2-11,13-14H,12,15H2,1H3,(H,22,25)(H,23,26). The molecule has 0 bridgehead atoms. The van der Waals surface area contributed by atoms with Crippen molar-refractivity contribution in [3.05, 3.63) is 84.2 Å². The fourth-order valence-corrected chi connectivity index (χ4v) is 2.54. The fourth-order valence-electron chi connectivity index (χ4n) is 2.54. The van der Waals surface area contributed by atoms with Crippen molar-refractivity contribution in [2.45, 2.75) is 13.3 Å². The number of hydrogen-bond acceptors (Lipinski definition) is 3. The van der Waals surface area contributed by atoms with Gasteiger partial charge in [0.1, 0.15) is 5.75 Å². The monoisotopic (exact) mass is 363 g/mol. The van der Waals surface area contributed by atoms with Crippen LogP contribution in [0.15, 0.2) is 73.1 Å². The number of amides is 2. The minimum absolute atomic E-state index is 0.132. The normalized spacial score (nSPS) is 10.3. The zero-order valence-corrected chi connectivity index (χ0v) is 15.0. The first-order valence-corrected chi connectivity index (χ1v) is 8.64. The summed E-state index contributed by atoms with van der Waals surface area (Å²) < 4.78 is 7.35. The molecule has 0 unspecified atom stereocenters. The molecule has 2 N–H and O–H groups in total. The summed E-state index contributed by atoms with van der Waals surface area (Å²) >= 11 is 0. The van der Waals surface area contributed by atoms with Crippen LogP contribution < -0.4 is 15.6 Å². The molecule has 0 saturated carbocycles. The van der Waals surface area contributed by atoms with E-state index in [0.29, 0.717) is 11.3 Å². The van der Waals surface area contributed by atoms with Gasteiger partial charge >= 0.3 is 0 Å². The van der Waals surface area contributed by atoms with E-state index >= 15 is 0 Å². The molecule has 0 saturated heterocycles. The molecule has 0 fully saturated rings. The minimum Gasteiger partial charge on any atom is -0.493 e. The van der Waals surface area contributed by atoms with Crippen LogP contribution in [0, 0.1) is 6.92 Å². The summed E-state index contributed by atoms with van der Waals surface area (Å²) in [6.07, 6.45) is 3.84. The summed E-state index contributed by atoms with van der Waals surface area (Å²) in [7, 11) is 0. The Bertz CT molecular complexity index is 903. The number of nitrogens with one attached hydrogen (secondary N) is 2. The smallest absolute Gasteiger partial charge is 0.271 e. The van der Waals surface area contributed by atoms with Gasteiger partial charge in [-0.25, -0.2) is 0 Å². The third-order valence-electron chi connectivity index (χ3n) is 3.97. The molecule has 0 radical (unpaired) electrons. The molecule has 3 rings (SSSR count). The van der Waals surface area contributed by atoms with Gasteiger partial charge in [0, 0.05) is 12.4 Å². The van der Waals surface area contributed by atoms with Crippen LogP contribution in [0.5, 0.6) is 5.75 Å². The average molecular weight is 363 g/mol. The fraction of sp³-hybridized carbons (Fsp3) is 0.143. The maximum Gasteiger partial charge on any atom is 0.271 e. The first-order valence-electron chi connectivity index (χ1n) is 8.64. The summed E-state index contributed by atoms with van der Waals surface area (Å²) in [5.41, 5.74) is 7.21.